The Kier molecular flexibility index (Phi) is 5.96. The van der Waals surface area contributed by atoms with E-state index < -0.39 is 0 Å². The summed E-state index contributed by atoms with van der Waals surface area (Å²) in [5, 5.41) is 0. The molecule has 0 atom stereocenters. The molecule has 2 aliphatic heterocycles. The van der Waals surface area contributed by atoms with Crippen molar-refractivity contribution in [2.75, 3.05) is 31.1 Å². The van der Waals surface area contributed by atoms with E-state index in [1.165, 1.54) is 17.7 Å². The monoisotopic (exact) mass is 443 g/mol. The molecule has 2 heterocycles. The Hall–Kier alpha value is -3.08. The maximum Gasteiger partial charge on any atom is 0.278 e. The molecule has 0 bridgehead atoms. The number of nitrogens with zero attached hydrogens (tertiary/aromatic N) is 3. The van der Waals surface area contributed by atoms with Crippen molar-refractivity contribution in [1.29, 1.82) is 0 Å². The molecule has 5 nitrogen and oxygen atoms in total. The van der Waals surface area contributed by atoms with E-state index in [0.717, 1.165) is 63.0 Å². The molecule has 2 aromatic rings. The lowest BCUT2D eigenvalue weighted by Crippen LogP contribution is -2.48. The van der Waals surface area contributed by atoms with E-state index in [-0.39, 0.29) is 17.9 Å². The van der Waals surface area contributed by atoms with Gasteiger partial charge < -0.3 is 9.80 Å². The summed E-state index contributed by atoms with van der Waals surface area (Å²) in [6.07, 6.45) is 5.22. The summed E-state index contributed by atoms with van der Waals surface area (Å²) >= 11 is 0. The largest absolute Gasteiger partial charge is 0.368 e. The second-order valence-electron chi connectivity index (χ2n) is 9.67. The van der Waals surface area contributed by atoms with Gasteiger partial charge in [0.2, 0.25) is 0 Å². The van der Waals surface area contributed by atoms with Crippen molar-refractivity contribution in [1.82, 2.24) is 9.80 Å². The number of carbonyl (C=O) groups is 2. The highest BCUT2D eigenvalue weighted by Gasteiger charge is 2.45. The van der Waals surface area contributed by atoms with Gasteiger partial charge in [-0.15, -0.1) is 0 Å². The zero-order valence-electron chi connectivity index (χ0n) is 19.7. The fraction of sp³-hybridized carbons (Fsp3) is 0.429. The number of hydrogen-bond donors (Lipinski definition) is 0. The molecular formula is C28H33N3O2. The van der Waals surface area contributed by atoms with Crippen molar-refractivity contribution in [3.63, 3.8) is 0 Å². The maximum absolute atomic E-state index is 13.8. The first-order valence-electron chi connectivity index (χ1n) is 12.3. The molecule has 0 radical (unpaired) electrons. The van der Waals surface area contributed by atoms with Crippen LogP contribution in [0.2, 0.25) is 0 Å². The minimum absolute atomic E-state index is 0.0327. The second kappa shape index (κ2) is 9.05. The molecule has 2 amide bonds. The Morgan fingerprint density at radius 3 is 2.06 bits per heavy atom. The van der Waals surface area contributed by atoms with E-state index in [0.29, 0.717) is 11.3 Å². The molecule has 0 spiro atoms. The van der Waals surface area contributed by atoms with Crippen LogP contribution in [0.1, 0.15) is 48.8 Å². The van der Waals surface area contributed by atoms with Crippen LogP contribution < -0.4 is 4.90 Å². The Morgan fingerprint density at radius 1 is 0.727 bits per heavy atom. The number of carbonyl (C=O) groups excluding carboxylic acids is 2. The normalized spacial score (nSPS) is 20.2. The highest BCUT2D eigenvalue weighted by molar-refractivity contribution is 6.35. The summed E-state index contributed by atoms with van der Waals surface area (Å²) in [5.74, 6) is -0.196. The van der Waals surface area contributed by atoms with Crippen LogP contribution in [0.4, 0.5) is 5.69 Å². The topological polar surface area (TPSA) is 43.9 Å². The van der Waals surface area contributed by atoms with Crippen LogP contribution in [0, 0.1) is 13.8 Å². The van der Waals surface area contributed by atoms with Gasteiger partial charge in [0.15, 0.2) is 0 Å². The van der Waals surface area contributed by atoms with Gasteiger partial charge in [0.1, 0.15) is 5.70 Å². The summed E-state index contributed by atoms with van der Waals surface area (Å²) in [7, 11) is 0. The number of imide groups is 1. The molecule has 5 heteroatoms. The van der Waals surface area contributed by atoms with E-state index >= 15 is 0 Å². The SMILES string of the molecule is Cc1ccc(C2=C(N3CCN(c4cccc(C)c4)CC3)C(=O)N(C3CCCCC3)C2=O)cc1. The van der Waals surface area contributed by atoms with Crippen molar-refractivity contribution < 1.29 is 9.59 Å². The Labute approximate surface area is 196 Å². The minimum atomic E-state index is -0.105. The van der Waals surface area contributed by atoms with E-state index in [9.17, 15) is 9.59 Å². The molecule has 33 heavy (non-hydrogen) atoms. The van der Waals surface area contributed by atoms with Crippen LogP contribution >= 0.6 is 0 Å². The lowest BCUT2D eigenvalue weighted by molar-refractivity contribution is -0.141. The van der Waals surface area contributed by atoms with Crippen LogP contribution in [0.25, 0.3) is 5.57 Å². The standard InChI is InChI=1S/C28H33N3O2/c1-20-11-13-22(14-12-20)25-26(28(33)31(27(25)32)23-8-4-3-5-9-23)30-17-15-29(16-18-30)24-10-6-7-21(2)19-24/h6-7,10-14,19,23H,3-5,8-9,15-18H2,1-2H3. The molecule has 0 N–H and O–H groups in total. The van der Waals surface area contributed by atoms with Crippen molar-refractivity contribution in [3.05, 3.63) is 70.9 Å². The summed E-state index contributed by atoms with van der Waals surface area (Å²) in [6, 6.07) is 16.6. The summed E-state index contributed by atoms with van der Waals surface area (Å²) < 4.78 is 0. The fourth-order valence-electron chi connectivity index (χ4n) is 5.49. The predicted octanol–water partition coefficient (Wildman–Crippen LogP) is 4.54. The van der Waals surface area contributed by atoms with Crippen LogP contribution in [-0.2, 0) is 9.59 Å². The minimum Gasteiger partial charge on any atom is -0.368 e. The van der Waals surface area contributed by atoms with Gasteiger partial charge in [-0.05, 0) is 49.9 Å². The number of hydrogen-bond acceptors (Lipinski definition) is 4. The van der Waals surface area contributed by atoms with E-state index in [4.69, 9.17) is 0 Å². The molecule has 0 aromatic heterocycles. The lowest BCUT2D eigenvalue weighted by atomic mass is 9.94. The zero-order valence-corrected chi connectivity index (χ0v) is 19.7. The van der Waals surface area contributed by atoms with Gasteiger partial charge in [-0.2, -0.15) is 0 Å². The summed E-state index contributed by atoms with van der Waals surface area (Å²) in [5.41, 5.74) is 5.67. The first kappa shape index (κ1) is 21.7. The fourth-order valence-corrected chi connectivity index (χ4v) is 5.49. The smallest absolute Gasteiger partial charge is 0.278 e. The van der Waals surface area contributed by atoms with E-state index in [1.54, 1.807) is 4.90 Å². The quantitative estimate of drug-likeness (QED) is 0.651. The first-order chi connectivity index (χ1) is 16.0. The first-order valence-corrected chi connectivity index (χ1v) is 12.3. The Balaban J connectivity index is 1.45. The number of rotatable bonds is 4. The van der Waals surface area contributed by atoms with E-state index in [1.807, 2.05) is 31.2 Å². The third-order valence-corrected chi connectivity index (χ3v) is 7.33. The molecular weight excluding hydrogens is 410 g/mol. The third kappa shape index (κ3) is 4.17. The Bertz CT molecular complexity index is 1070. The van der Waals surface area contributed by atoms with Gasteiger partial charge in [-0.3, -0.25) is 14.5 Å². The van der Waals surface area contributed by atoms with Gasteiger partial charge in [0, 0.05) is 37.9 Å². The third-order valence-electron chi connectivity index (χ3n) is 7.33. The highest BCUT2D eigenvalue weighted by Crippen LogP contribution is 2.36. The predicted molar refractivity (Wildman–Crippen MR) is 132 cm³/mol. The zero-order chi connectivity index (χ0) is 22.9. The van der Waals surface area contributed by atoms with Gasteiger partial charge in [-0.25, -0.2) is 0 Å². The molecule has 5 rings (SSSR count). The van der Waals surface area contributed by atoms with Crippen LogP contribution in [0.15, 0.2) is 54.2 Å². The van der Waals surface area contributed by atoms with Gasteiger partial charge in [0.25, 0.3) is 11.8 Å². The van der Waals surface area contributed by atoms with Crippen LogP contribution in [0.3, 0.4) is 0 Å². The van der Waals surface area contributed by atoms with Gasteiger partial charge in [-0.1, -0.05) is 61.2 Å². The van der Waals surface area contributed by atoms with E-state index in [2.05, 4.69) is 41.0 Å². The Morgan fingerprint density at radius 2 is 1.39 bits per heavy atom. The molecule has 2 fully saturated rings. The molecule has 1 aliphatic carbocycles. The number of benzene rings is 2. The van der Waals surface area contributed by atoms with Crippen molar-refractivity contribution in [2.24, 2.45) is 0 Å². The van der Waals surface area contributed by atoms with Gasteiger partial charge in [0.05, 0.1) is 5.57 Å². The van der Waals surface area contributed by atoms with Crippen LogP contribution in [0.5, 0.6) is 0 Å². The second-order valence-corrected chi connectivity index (χ2v) is 9.67. The van der Waals surface area contributed by atoms with Crippen molar-refractivity contribution in [2.45, 2.75) is 52.0 Å². The average Bonchev–Trinajstić information content (AvgIpc) is 3.10. The molecule has 172 valence electrons. The number of piperazine rings is 1. The average molecular weight is 444 g/mol. The lowest BCUT2D eigenvalue weighted by Gasteiger charge is -2.38. The summed E-state index contributed by atoms with van der Waals surface area (Å²) in [6.45, 7) is 7.28. The molecule has 0 unspecified atom stereocenters. The maximum atomic E-state index is 13.8. The molecule has 2 aromatic carbocycles. The van der Waals surface area contributed by atoms with Gasteiger partial charge >= 0.3 is 0 Å². The number of aryl methyl sites for hydroxylation is 2. The van der Waals surface area contributed by atoms with Crippen molar-refractivity contribution >= 4 is 23.1 Å². The molecule has 1 saturated heterocycles. The molecule has 3 aliphatic rings. The number of anilines is 1. The number of amides is 2. The molecule has 1 saturated carbocycles. The van der Waals surface area contributed by atoms with Crippen molar-refractivity contribution in [3.8, 4) is 0 Å². The van der Waals surface area contributed by atoms with Crippen LogP contribution in [-0.4, -0.2) is 53.8 Å². The highest BCUT2D eigenvalue weighted by atomic mass is 16.2. The summed E-state index contributed by atoms with van der Waals surface area (Å²) in [4.78, 5) is 33.6.